The van der Waals surface area contributed by atoms with Crippen molar-refractivity contribution in [3.8, 4) is 11.5 Å². The molecule has 0 radical (unpaired) electrons. The molecule has 0 aliphatic heterocycles. The first-order chi connectivity index (χ1) is 15.0. The highest BCUT2D eigenvalue weighted by Crippen LogP contribution is 2.29. The van der Waals surface area contributed by atoms with Gasteiger partial charge in [-0.25, -0.2) is 0 Å². The minimum absolute atomic E-state index is 0.00663. The first-order valence-corrected chi connectivity index (χ1v) is 10.0. The Kier molecular flexibility index (Phi) is 9.58. The van der Waals surface area contributed by atoms with Crippen molar-refractivity contribution in [3.05, 3.63) is 66.2 Å². The monoisotopic (exact) mass is 427 g/mol. The molecular formula is C24H29NO6. The van der Waals surface area contributed by atoms with E-state index in [1.807, 2.05) is 24.3 Å². The molecule has 2 N–H and O–H groups in total. The fourth-order valence-corrected chi connectivity index (χ4v) is 2.99. The van der Waals surface area contributed by atoms with Crippen molar-refractivity contribution in [2.75, 3.05) is 26.1 Å². The fraction of sp³-hybridized carbons (Fsp3) is 0.333. The van der Waals surface area contributed by atoms with Crippen LogP contribution in [0.5, 0.6) is 11.5 Å². The average molecular weight is 427 g/mol. The lowest BCUT2D eigenvalue weighted by molar-refractivity contribution is -0.143. The molecule has 166 valence electrons. The molecule has 0 aromatic heterocycles. The third-order valence-corrected chi connectivity index (χ3v) is 4.63. The van der Waals surface area contributed by atoms with Gasteiger partial charge in [-0.05, 0) is 48.2 Å². The summed E-state index contributed by atoms with van der Waals surface area (Å²) in [5, 5.41) is 13.3. The van der Waals surface area contributed by atoms with Crippen LogP contribution >= 0.6 is 0 Å². The number of carbonyl (C=O) groups is 2. The maximum Gasteiger partial charge on any atom is 0.306 e. The maximum absolute atomic E-state index is 12.1. The topological polar surface area (TPSA) is 94.1 Å². The van der Waals surface area contributed by atoms with E-state index in [1.165, 1.54) is 6.08 Å². The van der Waals surface area contributed by atoms with Gasteiger partial charge in [0.05, 0.1) is 26.7 Å². The number of amides is 1. The molecule has 1 atom stereocenters. The summed E-state index contributed by atoms with van der Waals surface area (Å²) in [6.07, 6.45) is 1.93. The molecule has 0 aliphatic carbocycles. The van der Waals surface area contributed by atoms with Crippen molar-refractivity contribution in [1.82, 2.24) is 0 Å². The smallest absolute Gasteiger partial charge is 0.306 e. The number of rotatable bonds is 12. The first-order valence-electron chi connectivity index (χ1n) is 10.0. The molecule has 0 spiro atoms. The normalized spacial score (nSPS) is 11.3. The van der Waals surface area contributed by atoms with Gasteiger partial charge in [0.1, 0.15) is 6.61 Å². The van der Waals surface area contributed by atoms with E-state index >= 15 is 0 Å². The molecule has 7 nitrogen and oxygen atoms in total. The average Bonchev–Trinajstić information content (AvgIpc) is 2.79. The van der Waals surface area contributed by atoms with Gasteiger partial charge >= 0.3 is 5.97 Å². The lowest BCUT2D eigenvalue weighted by atomic mass is 10.0. The van der Waals surface area contributed by atoms with E-state index in [2.05, 4.69) is 11.9 Å². The third kappa shape index (κ3) is 7.79. The second-order valence-corrected chi connectivity index (χ2v) is 6.89. The van der Waals surface area contributed by atoms with Crippen molar-refractivity contribution in [3.63, 3.8) is 0 Å². The summed E-state index contributed by atoms with van der Waals surface area (Å²) in [5.41, 5.74) is 2.28. The highest BCUT2D eigenvalue weighted by molar-refractivity contribution is 5.92. The first kappa shape index (κ1) is 24.0. The van der Waals surface area contributed by atoms with Gasteiger partial charge < -0.3 is 24.6 Å². The van der Waals surface area contributed by atoms with E-state index in [0.29, 0.717) is 35.6 Å². The Bertz CT molecular complexity index is 895. The predicted octanol–water partition coefficient (Wildman–Crippen LogP) is 3.82. The van der Waals surface area contributed by atoms with Crippen LogP contribution in [0.4, 0.5) is 5.69 Å². The van der Waals surface area contributed by atoms with Gasteiger partial charge in [-0.1, -0.05) is 30.9 Å². The van der Waals surface area contributed by atoms with Crippen LogP contribution in [0, 0.1) is 0 Å². The molecule has 0 saturated heterocycles. The van der Waals surface area contributed by atoms with E-state index in [1.54, 1.807) is 32.4 Å². The van der Waals surface area contributed by atoms with Gasteiger partial charge in [0.2, 0.25) is 5.91 Å². The molecule has 2 aromatic carbocycles. The van der Waals surface area contributed by atoms with Crippen LogP contribution in [-0.4, -0.2) is 37.8 Å². The maximum atomic E-state index is 12.1. The van der Waals surface area contributed by atoms with Crippen LogP contribution < -0.4 is 14.8 Å². The fourth-order valence-electron chi connectivity index (χ4n) is 2.99. The van der Waals surface area contributed by atoms with Crippen molar-refractivity contribution in [1.29, 1.82) is 0 Å². The van der Waals surface area contributed by atoms with Gasteiger partial charge in [0.25, 0.3) is 0 Å². The van der Waals surface area contributed by atoms with Crippen molar-refractivity contribution >= 4 is 17.6 Å². The molecule has 0 unspecified atom stereocenters. The molecular weight excluding hydrogens is 398 g/mol. The largest absolute Gasteiger partial charge is 0.493 e. The summed E-state index contributed by atoms with van der Waals surface area (Å²) in [6.45, 7) is 3.59. The zero-order chi connectivity index (χ0) is 22.6. The molecule has 0 bridgehead atoms. The minimum atomic E-state index is -0.696. The zero-order valence-corrected chi connectivity index (χ0v) is 17.9. The summed E-state index contributed by atoms with van der Waals surface area (Å²) in [4.78, 5) is 23.5. The molecule has 0 aliphatic rings. The number of esters is 1. The number of aliphatic hydroxyl groups is 1. The van der Waals surface area contributed by atoms with Crippen LogP contribution in [0.15, 0.2) is 55.1 Å². The molecule has 7 heteroatoms. The SMILES string of the molecule is C=CCOC(=O)CCC(=O)Nc1cccc([C@H](O)CCc2ccc(OC)c(OC)c2)c1. The summed E-state index contributed by atoms with van der Waals surface area (Å²) in [7, 11) is 3.17. The number of methoxy groups -OCH3 is 2. The summed E-state index contributed by atoms with van der Waals surface area (Å²) < 4.78 is 15.4. The Morgan fingerprint density at radius 2 is 1.87 bits per heavy atom. The van der Waals surface area contributed by atoms with E-state index < -0.39 is 12.1 Å². The lowest BCUT2D eigenvalue weighted by Gasteiger charge is -2.14. The summed E-state index contributed by atoms with van der Waals surface area (Å²) >= 11 is 0. The highest BCUT2D eigenvalue weighted by atomic mass is 16.5. The Labute approximate surface area is 182 Å². The number of hydrogen-bond acceptors (Lipinski definition) is 6. The number of benzene rings is 2. The van der Waals surface area contributed by atoms with Crippen molar-refractivity contribution in [2.24, 2.45) is 0 Å². The van der Waals surface area contributed by atoms with Gasteiger partial charge in [-0.3, -0.25) is 9.59 Å². The minimum Gasteiger partial charge on any atom is -0.493 e. The number of ether oxygens (including phenoxy) is 3. The Hall–Kier alpha value is -3.32. The van der Waals surface area contributed by atoms with E-state index in [4.69, 9.17) is 14.2 Å². The number of carbonyl (C=O) groups excluding carboxylic acids is 2. The molecule has 2 aromatic rings. The third-order valence-electron chi connectivity index (χ3n) is 4.63. The van der Waals surface area contributed by atoms with Crippen molar-refractivity contribution < 1.29 is 28.9 Å². The van der Waals surface area contributed by atoms with Gasteiger partial charge in [0.15, 0.2) is 11.5 Å². The quantitative estimate of drug-likeness (QED) is 0.395. The molecule has 0 saturated carbocycles. The standard InChI is InChI=1S/C24H29NO6/c1-4-14-31-24(28)13-12-23(27)25-19-7-5-6-18(16-19)20(26)10-8-17-9-11-21(29-2)22(15-17)30-3/h4-7,9,11,15-16,20,26H,1,8,10,12-14H2,2-3H3,(H,25,27)/t20-/m1/s1. The Morgan fingerprint density at radius 3 is 2.58 bits per heavy atom. The lowest BCUT2D eigenvalue weighted by Crippen LogP contribution is -2.15. The summed E-state index contributed by atoms with van der Waals surface area (Å²) in [5.74, 6) is 0.554. The summed E-state index contributed by atoms with van der Waals surface area (Å²) in [6, 6.07) is 12.7. The number of aliphatic hydroxyl groups excluding tert-OH is 1. The second-order valence-electron chi connectivity index (χ2n) is 6.89. The van der Waals surface area contributed by atoms with Gasteiger partial charge in [0, 0.05) is 12.1 Å². The molecule has 0 fully saturated rings. The molecule has 0 heterocycles. The van der Waals surface area contributed by atoms with E-state index in [0.717, 1.165) is 5.56 Å². The van der Waals surface area contributed by atoms with Crippen LogP contribution in [0.3, 0.4) is 0 Å². The molecule has 2 rings (SSSR count). The molecule has 31 heavy (non-hydrogen) atoms. The number of nitrogens with one attached hydrogen (secondary N) is 1. The van der Waals surface area contributed by atoms with Gasteiger partial charge in [-0.2, -0.15) is 0 Å². The number of hydrogen-bond donors (Lipinski definition) is 2. The van der Waals surface area contributed by atoms with E-state index in [9.17, 15) is 14.7 Å². The predicted molar refractivity (Wildman–Crippen MR) is 118 cm³/mol. The zero-order valence-electron chi connectivity index (χ0n) is 17.9. The molecule has 1 amide bonds. The van der Waals surface area contributed by atoms with Crippen LogP contribution in [0.1, 0.15) is 36.5 Å². The highest BCUT2D eigenvalue weighted by Gasteiger charge is 2.12. The number of aryl methyl sites for hydroxylation is 1. The Morgan fingerprint density at radius 1 is 1.10 bits per heavy atom. The van der Waals surface area contributed by atoms with Crippen LogP contribution in [0.25, 0.3) is 0 Å². The Balaban J connectivity index is 1.89. The second kappa shape index (κ2) is 12.4. The van der Waals surface area contributed by atoms with Crippen LogP contribution in [-0.2, 0) is 20.7 Å². The van der Waals surface area contributed by atoms with E-state index in [-0.39, 0.29) is 25.4 Å². The van der Waals surface area contributed by atoms with Gasteiger partial charge in [-0.15, -0.1) is 0 Å². The van der Waals surface area contributed by atoms with Crippen molar-refractivity contribution in [2.45, 2.75) is 31.8 Å². The van der Waals surface area contributed by atoms with Crippen LogP contribution in [0.2, 0.25) is 0 Å². The number of anilines is 1.